The van der Waals surface area contributed by atoms with E-state index in [-0.39, 0.29) is 6.17 Å². The Morgan fingerprint density at radius 2 is 2.29 bits per heavy atom. The molecule has 0 amide bonds. The van der Waals surface area contributed by atoms with Crippen LogP contribution in [0.25, 0.3) is 0 Å². The number of pyridine rings is 1. The van der Waals surface area contributed by atoms with Gasteiger partial charge in [0.1, 0.15) is 12.2 Å². The van der Waals surface area contributed by atoms with E-state index in [0.29, 0.717) is 28.7 Å². The lowest BCUT2D eigenvalue weighted by Crippen LogP contribution is -2.42. The van der Waals surface area contributed by atoms with Crippen molar-refractivity contribution in [3.05, 3.63) is 34.8 Å². The van der Waals surface area contributed by atoms with E-state index in [1.807, 2.05) is 5.01 Å². The van der Waals surface area contributed by atoms with Crippen molar-refractivity contribution in [1.82, 2.24) is 15.4 Å². The van der Waals surface area contributed by atoms with Crippen molar-refractivity contribution in [2.45, 2.75) is 25.0 Å². The van der Waals surface area contributed by atoms with E-state index in [4.69, 9.17) is 22.1 Å². The van der Waals surface area contributed by atoms with Crippen LogP contribution in [0.1, 0.15) is 12.8 Å². The number of rotatable bonds is 3. The number of aliphatic imine (C=N–C) groups is 2. The Hall–Kier alpha value is -2.12. The van der Waals surface area contributed by atoms with Gasteiger partial charge in [-0.3, -0.25) is 5.43 Å². The molecule has 108 valence electrons. The summed E-state index contributed by atoms with van der Waals surface area (Å²) < 4.78 is 5.80. The zero-order valence-electron chi connectivity index (χ0n) is 11.0. The standard InChI is InChI=1S/C13H13ClN6O/c14-7-3-4-16-9(5-7)21-13-10-11(15)17-6-18-12(10)20(19-13)8-1-2-8/h3-6,8,12,19H,1-2H2,(H2,15,17,18). The van der Waals surface area contributed by atoms with Crippen molar-refractivity contribution in [2.75, 3.05) is 0 Å². The molecule has 0 spiro atoms. The van der Waals surface area contributed by atoms with Crippen molar-refractivity contribution in [2.24, 2.45) is 15.7 Å². The fraction of sp³-hybridized carbons (Fsp3) is 0.308. The van der Waals surface area contributed by atoms with Crippen LogP contribution in [0.15, 0.2) is 39.8 Å². The number of aromatic nitrogens is 1. The van der Waals surface area contributed by atoms with E-state index >= 15 is 0 Å². The van der Waals surface area contributed by atoms with Gasteiger partial charge in [-0.15, -0.1) is 0 Å². The van der Waals surface area contributed by atoms with Gasteiger partial charge in [-0.05, 0) is 18.9 Å². The summed E-state index contributed by atoms with van der Waals surface area (Å²) in [6.07, 6.45) is 5.15. The second kappa shape index (κ2) is 4.71. The minimum Gasteiger partial charge on any atom is -0.421 e. The molecule has 2 aliphatic heterocycles. The second-order valence-corrected chi connectivity index (χ2v) is 5.50. The number of hydrogen-bond donors (Lipinski definition) is 2. The summed E-state index contributed by atoms with van der Waals surface area (Å²) in [4.78, 5) is 12.6. The van der Waals surface area contributed by atoms with Gasteiger partial charge >= 0.3 is 0 Å². The normalized spacial score (nSPS) is 24.6. The van der Waals surface area contributed by atoms with Crippen LogP contribution < -0.4 is 15.9 Å². The minimum absolute atomic E-state index is 0.191. The molecule has 0 radical (unpaired) electrons. The predicted octanol–water partition coefficient (Wildman–Crippen LogP) is 1.03. The fourth-order valence-corrected chi connectivity index (χ4v) is 2.53. The van der Waals surface area contributed by atoms with E-state index in [9.17, 15) is 0 Å². The van der Waals surface area contributed by atoms with E-state index in [1.165, 1.54) is 6.34 Å². The Morgan fingerprint density at radius 1 is 1.43 bits per heavy atom. The number of fused-ring (bicyclic) bond motifs is 1. The molecule has 4 rings (SSSR count). The Morgan fingerprint density at radius 3 is 3.05 bits per heavy atom. The first-order chi connectivity index (χ1) is 10.2. The Labute approximate surface area is 126 Å². The van der Waals surface area contributed by atoms with Gasteiger partial charge in [0, 0.05) is 23.3 Å². The van der Waals surface area contributed by atoms with Crippen molar-refractivity contribution >= 4 is 23.8 Å². The van der Waals surface area contributed by atoms with Gasteiger partial charge in [0.05, 0.1) is 5.57 Å². The minimum atomic E-state index is -0.191. The van der Waals surface area contributed by atoms with E-state index in [2.05, 4.69) is 20.4 Å². The van der Waals surface area contributed by atoms with Crippen LogP contribution in [0.4, 0.5) is 0 Å². The average Bonchev–Trinajstić information content (AvgIpc) is 3.23. The van der Waals surface area contributed by atoms with Gasteiger partial charge in [0.25, 0.3) is 0 Å². The average molecular weight is 305 g/mol. The van der Waals surface area contributed by atoms with Gasteiger partial charge in [0.15, 0.2) is 6.17 Å². The number of nitrogens with zero attached hydrogens (tertiary/aromatic N) is 4. The fourth-order valence-electron chi connectivity index (χ4n) is 2.39. The smallest absolute Gasteiger partial charge is 0.222 e. The number of hydrogen-bond acceptors (Lipinski definition) is 7. The molecule has 1 unspecified atom stereocenters. The third-order valence-corrected chi connectivity index (χ3v) is 3.76. The van der Waals surface area contributed by atoms with Crippen molar-refractivity contribution < 1.29 is 4.74 Å². The molecule has 0 saturated heterocycles. The number of nitrogens with two attached hydrogens (primary N) is 1. The summed E-state index contributed by atoms with van der Waals surface area (Å²) in [6, 6.07) is 3.78. The number of nitrogens with one attached hydrogen (secondary N) is 1. The first-order valence-electron chi connectivity index (χ1n) is 6.66. The van der Waals surface area contributed by atoms with Crippen LogP contribution in [-0.4, -0.2) is 34.4 Å². The highest BCUT2D eigenvalue weighted by Crippen LogP contribution is 2.35. The maximum Gasteiger partial charge on any atom is 0.222 e. The quantitative estimate of drug-likeness (QED) is 0.871. The van der Waals surface area contributed by atoms with Crippen LogP contribution >= 0.6 is 11.6 Å². The molecule has 7 nitrogen and oxygen atoms in total. The number of amidine groups is 1. The van der Waals surface area contributed by atoms with E-state index in [1.54, 1.807) is 18.3 Å². The molecular formula is C13H13ClN6O. The van der Waals surface area contributed by atoms with Crippen LogP contribution in [-0.2, 0) is 0 Å². The summed E-state index contributed by atoms with van der Waals surface area (Å²) in [7, 11) is 0. The predicted molar refractivity (Wildman–Crippen MR) is 78.8 cm³/mol. The topological polar surface area (TPSA) is 88.1 Å². The highest BCUT2D eigenvalue weighted by atomic mass is 35.5. The zero-order valence-corrected chi connectivity index (χ0v) is 11.8. The molecule has 3 N–H and O–H groups in total. The third kappa shape index (κ3) is 2.24. The largest absolute Gasteiger partial charge is 0.421 e. The van der Waals surface area contributed by atoms with Crippen LogP contribution in [0.3, 0.4) is 0 Å². The van der Waals surface area contributed by atoms with Crippen molar-refractivity contribution in [3.63, 3.8) is 0 Å². The van der Waals surface area contributed by atoms with E-state index < -0.39 is 0 Å². The summed E-state index contributed by atoms with van der Waals surface area (Å²) in [5.41, 5.74) is 9.95. The van der Waals surface area contributed by atoms with Gasteiger partial charge in [-0.25, -0.2) is 15.0 Å². The van der Waals surface area contributed by atoms with Crippen molar-refractivity contribution in [3.8, 4) is 5.88 Å². The lowest BCUT2D eigenvalue weighted by molar-refractivity contribution is 0.163. The van der Waals surface area contributed by atoms with Gasteiger partial charge in [0.2, 0.25) is 11.8 Å². The highest BCUT2D eigenvalue weighted by Gasteiger charge is 2.44. The first-order valence-corrected chi connectivity index (χ1v) is 7.04. The molecule has 1 aromatic rings. The summed E-state index contributed by atoms with van der Waals surface area (Å²) in [5.74, 6) is 1.32. The Kier molecular flexibility index (Phi) is 2.83. The Bertz CT molecular complexity index is 681. The maximum absolute atomic E-state index is 5.98. The molecule has 8 heteroatoms. The molecule has 3 heterocycles. The Balaban J connectivity index is 1.67. The zero-order chi connectivity index (χ0) is 14.4. The van der Waals surface area contributed by atoms with Crippen LogP contribution in [0.5, 0.6) is 5.88 Å². The van der Waals surface area contributed by atoms with Gasteiger partial charge < -0.3 is 10.5 Å². The molecule has 3 aliphatic rings. The number of hydrazine groups is 1. The number of ether oxygens (including phenoxy) is 1. The molecule has 1 atom stereocenters. The SMILES string of the molecule is NC1=NC=NC2C1=C(Oc1cc(Cl)ccn1)NN2C1CC1. The summed E-state index contributed by atoms with van der Waals surface area (Å²) in [5, 5.41) is 2.61. The monoisotopic (exact) mass is 304 g/mol. The molecule has 1 fully saturated rings. The second-order valence-electron chi connectivity index (χ2n) is 5.06. The third-order valence-electron chi connectivity index (χ3n) is 3.52. The maximum atomic E-state index is 5.98. The van der Waals surface area contributed by atoms with Crippen molar-refractivity contribution in [1.29, 1.82) is 0 Å². The summed E-state index contributed by atoms with van der Waals surface area (Å²) >= 11 is 5.95. The van der Waals surface area contributed by atoms with Gasteiger partial charge in [-0.2, -0.15) is 5.01 Å². The molecule has 21 heavy (non-hydrogen) atoms. The molecular weight excluding hydrogens is 292 g/mol. The first kappa shape index (κ1) is 12.6. The van der Waals surface area contributed by atoms with Crippen LogP contribution in [0, 0.1) is 0 Å². The molecule has 1 aromatic heterocycles. The van der Waals surface area contributed by atoms with E-state index in [0.717, 1.165) is 18.4 Å². The van der Waals surface area contributed by atoms with Crippen LogP contribution in [0.2, 0.25) is 5.02 Å². The van der Waals surface area contributed by atoms with Gasteiger partial charge in [-0.1, -0.05) is 11.6 Å². The highest BCUT2D eigenvalue weighted by molar-refractivity contribution is 6.30. The molecule has 1 aliphatic carbocycles. The molecule has 1 saturated carbocycles. The molecule has 0 aromatic carbocycles. The lowest BCUT2D eigenvalue weighted by Gasteiger charge is -2.23. The summed E-state index contributed by atoms with van der Waals surface area (Å²) in [6.45, 7) is 0. The number of halogens is 1. The molecule has 0 bridgehead atoms. The lowest BCUT2D eigenvalue weighted by atomic mass is 10.2.